The van der Waals surface area contributed by atoms with Crippen LogP contribution in [0.25, 0.3) is 0 Å². The van der Waals surface area contributed by atoms with E-state index in [2.05, 4.69) is 5.32 Å². The Morgan fingerprint density at radius 3 is 3.00 bits per heavy atom. The Morgan fingerprint density at radius 2 is 2.45 bits per heavy atom. The first-order valence-corrected chi connectivity index (χ1v) is 3.98. The SMILES string of the molecule is O=C(NC1CC1)C1=COCC1. The molecule has 0 aromatic heterocycles. The molecule has 0 saturated heterocycles. The maximum absolute atomic E-state index is 11.2. The van der Waals surface area contributed by atoms with Crippen molar-refractivity contribution >= 4 is 5.91 Å². The summed E-state index contributed by atoms with van der Waals surface area (Å²) in [6.45, 7) is 0.660. The summed E-state index contributed by atoms with van der Waals surface area (Å²) in [7, 11) is 0. The number of rotatable bonds is 2. The van der Waals surface area contributed by atoms with Crippen molar-refractivity contribution < 1.29 is 9.53 Å². The minimum Gasteiger partial charge on any atom is -0.500 e. The van der Waals surface area contributed by atoms with E-state index in [1.165, 1.54) is 0 Å². The quantitative estimate of drug-likeness (QED) is 0.629. The van der Waals surface area contributed by atoms with Gasteiger partial charge in [-0.15, -0.1) is 0 Å². The van der Waals surface area contributed by atoms with E-state index < -0.39 is 0 Å². The molecule has 60 valence electrons. The van der Waals surface area contributed by atoms with Gasteiger partial charge in [-0.05, 0) is 12.8 Å². The van der Waals surface area contributed by atoms with Crippen LogP contribution in [0.15, 0.2) is 11.8 Å². The second-order valence-corrected chi connectivity index (χ2v) is 3.01. The molecule has 2 aliphatic rings. The summed E-state index contributed by atoms with van der Waals surface area (Å²) in [6.07, 6.45) is 4.61. The van der Waals surface area contributed by atoms with Gasteiger partial charge in [0, 0.05) is 12.5 Å². The van der Waals surface area contributed by atoms with Crippen LogP contribution in [0.4, 0.5) is 0 Å². The molecule has 0 spiro atoms. The van der Waals surface area contributed by atoms with Crippen LogP contribution in [-0.4, -0.2) is 18.6 Å². The molecule has 1 amide bonds. The lowest BCUT2D eigenvalue weighted by Crippen LogP contribution is -2.26. The maximum Gasteiger partial charge on any atom is 0.250 e. The van der Waals surface area contributed by atoms with E-state index in [1.807, 2.05) is 0 Å². The van der Waals surface area contributed by atoms with Gasteiger partial charge in [0.15, 0.2) is 0 Å². The Kier molecular flexibility index (Phi) is 1.56. The van der Waals surface area contributed by atoms with E-state index in [9.17, 15) is 4.79 Å². The van der Waals surface area contributed by atoms with Crippen molar-refractivity contribution in [3.8, 4) is 0 Å². The second-order valence-electron chi connectivity index (χ2n) is 3.01. The van der Waals surface area contributed by atoms with Gasteiger partial charge >= 0.3 is 0 Å². The van der Waals surface area contributed by atoms with Gasteiger partial charge in [-0.2, -0.15) is 0 Å². The van der Waals surface area contributed by atoms with Gasteiger partial charge < -0.3 is 10.1 Å². The van der Waals surface area contributed by atoms with Crippen molar-refractivity contribution in [1.82, 2.24) is 5.32 Å². The molecule has 1 saturated carbocycles. The zero-order valence-electron chi connectivity index (χ0n) is 6.30. The van der Waals surface area contributed by atoms with E-state index in [4.69, 9.17) is 4.74 Å². The van der Waals surface area contributed by atoms with Gasteiger partial charge in [-0.25, -0.2) is 0 Å². The maximum atomic E-state index is 11.2. The van der Waals surface area contributed by atoms with Gasteiger partial charge in [0.2, 0.25) is 0 Å². The Morgan fingerprint density at radius 1 is 1.64 bits per heavy atom. The summed E-state index contributed by atoms with van der Waals surface area (Å²) in [4.78, 5) is 11.2. The molecule has 0 radical (unpaired) electrons. The average Bonchev–Trinajstić information content (AvgIpc) is 2.67. The summed E-state index contributed by atoms with van der Waals surface area (Å²) in [5.74, 6) is 0.0602. The van der Waals surface area contributed by atoms with Crippen LogP contribution in [0.2, 0.25) is 0 Å². The van der Waals surface area contributed by atoms with Crippen LogP contribution in [-0.2, 0) is 9.53 Å². The molecule has 1 N–H and O–H groups in total. The van der Waals surface area contributed by atoms with Crippen molar-refractivity contribution in [2.75, 3.05) is 6.61 Å². The van der Waals surface area contributed by atoms with Crippen molar-refractivity contribution in [2.45, 2.75) is 25.3 Å². The summed E-state index contributed by atoms with van der Waals surface area (Å²) in [6, 6.07) is 0.448. The van der Waals surface area contributed by atoms with Crippen molar-refractivity contribution in [3.63, 3.8) is 0 Å². The molecule has 0 aromatic rings. The molecule has 11 heavy (non-hydrogen) atoms. The number of ether oxygens (including phenoxy) is 1. The second kappa shape index (κ2) is 2.57. The Bertz CT molecular complexity index is 206. The van der Waals surface area contributed by atoms with Crippen molar-refractivity contribution in [1.29, 1.82) is 0 Å². The monoisotopic (exact) mass is 153 g/mol. The molecule has 1 aliphatic heterocycles. The van der Waals surface area contributed by atoms with E-state index >= 15 is 0 Å². The van der Waals surface area contributed by atoms with Gasteiger partial charge in [0.25, 0.3) is 5.91 Å². The molecule has 0 bridgehead atoms. The first-order valence-electron chi connectivity index (χ1n) is 3.98. The van der Waals surface area contributed by atoms with Crippen LogP contribution in [0.3, 0.4) is 0 Å². The highest BCUT2D eigenvalue weighted by Crippen LogP contribution is 2.20. The molecule has 0 atom stereocenters. The Balaban J connectivity index is 1.87. The Labute approximate surface area is 65.4 Å². The average molecular weight is 153 g/mol. The minimum atomic E-state index is 0.0602. The number of amides is 1. The van der Waals surface area contributed by atoms with Gasteiger partial charge in [0.1, 0.15) is 0 Å². The predicted octanol–water partition coefficient (Wildman–Crippen LogP) is 0.569. The van der Waals surface area contributed by atoms with Gasteiger partial charge in [0.05, 0.1) is 18.4 Å². The standard InChI is InChI=1S/C8H11NO2/c10-8(9-7-1-2-7)6-3-4-11-5-6/h5,7H,1-4H2,(H,9,10). The highest BCUT2D eigenvalue weighted by atomic mass is 16.5. The molecule has 3 nitrogen and oxygen atoms in total. The lowest BCUT2D eigenvalue weighted by atomic mass is 10.2. The topological polar surface area (TPSA) is 38.3 Å². The van der Waals surface area contributed by atoms with Gasteiger partial charge in [-0.3, -0.25) is 4.79 Å². The van der Waals surface area contributed by atoms with Crippen LogP contribution in [0, 0.1) is 0 Å². The fourth-order valence-electron chi connectivity index (χ4n) is 1.06. The van der Waals surface area contributed by atoms with Crippen molar-refractivity contribution in [3.05, 3.63) is 11.8 Å². The molecule has 0 aromatic carbocycles. The predicted molar refractivity (Wildman–Crippen MR) is 39.8 cm³/mol. The smallest absolute Gasteiger partial charge is 0.250 e. The third kappa shape index (κ3) is 1.53. The van der Waals surface area contributed by atoms with Gasteiger partial charge in [-0.1, -0.05) is 0 Å². The summed E-state index contributed by atoms with van der Waals surface area (Å²) < 4.78 is 4.96. The first kappa shape index (κ1) is 6.70. The number of carbonyl (C=O) groups excluding carboxylic acids is 1. The highest BCUT2D eigenvalue weighted by molar-refractivity contribution is 5.93. The molecular weight excluding hydrogens is 142 g/mol. The zero-order valence-corrected chi connectivity index (χ0v) is 6.30. The van der Waals surface area contributed by atoms with E-state index in [-0.39, 0.29) is 5.91 Å². The van der Waals surface area contributed by atoms with Crippen molar-refractivity contribution in [2.24, 2.45) is 0 Å². The number of hydrogen-bond acceptors (Lipinski definition) is 2. The molecule has 0 unspecified atom stereocenters. The minimum absolute atomic E-state index is 0.0602. The zero-order chi connectivity index (χ0) is 7.68. The third-order valence-corrected chi connectivity index (χ3v) is 1.92. The number of nitrogens with one attached hydrogen (secondary N) is 1. The molecule has 1 aliphatic carbocycles. The molecule has 2 rings (SSSR count). The Hall–Kier alpha value is -0.990. The third-order valence-electron chi connectivity index (χ3n) is 1.92. The molecular formula is C8H11NO2. The largest absolute Gasteiger partial charge is 0.500 e. The fraction of sp³-hybridized carbons (Fsp3) is 0.625. The number of carbonyl (C=O) groups is 1. The summed E-state index contributed by atoms with van der Waals surface area (Å²) in [5.41, 5.74) is 0.789. The van der Waals surface area contributed by atoms with E-state index in [1.54, 1.807) is 6.26 Å². The van der Waals surface area contributed by atoms with Crippen LogP contribution >= 0.6 is 0 Å². The van der Waals surface area contributed by atoms with E-state index in [0.717, 1.165) is 24.8 Å². The van der Waals surface area contributed by atoms with Crippen LogP contribution < -0.4 is 5.32 Å². The highest BCUT2D eigenvalue weighted by Gasteiger charge is 2.25. The lowest BCUT2D eigenvalue weighted by molar-refractivity contribution is -0.117. The molecule has 1 heterocycles. The molecule has 1 fully saturated rings. The summed E-state index contributed by atoms with van der Waals surface area (Å²) >= 11 is 0. The number of hydrogen-bond donors (Lipinski definition) is 1. The van der Waals surface area contributed by atoms with Crippen LogP contribution in [0.1, 0.15) is 19.3 Å². The normalized spacial score (nSPS) is 22.4. The fourth-order valence-corrected chi connectivity index (χ4v) is 1.06. The summed E-state index contributed by atoms with van der Waals surface area (Å²) in [5, 5.41) is 2.91. The van der Waals surface area contributed by atoms with Crippen LogP contribution in [0.5, 0.6) is 0 Å². The first-order chi connectivity index (χ1) is 5.36. The lowest BCUT2D eigenvalue weighted by Gasteiger charge is -2.00. The molecule has 3 heteroatoms. The van der Waals surface area contributed by atoms with E-state index in [0.29, 0.717) is 12.6 Å².